The first kappa shape index (κ1) is 15.6. The largest absolute Gasteiger partial charge is 0.381 e. The summed E-state index contributed by atoms with van der Waals surface area (Å²) in [6.45, 7) is 3.85. The van der Waals surface area contributed by atoms with Crippen LogP contribution in [0.2, 0.25) is 0 Å². The highest BCUT2D eigenvalue weighted by molar-refractivity contribution is 7.98. The van der Waals surface area contributed by atoms with E-state index in [1.807, 2.05) is 11.8 Å². The van der Waals surface area contributed by atoms with Crippen molar-refractivity contribution in [3.8, 4) is 0 Å². The van der Waals surface area contributed by atoms with E-state index in [0.717, 1.165) is 32.7 Å². The zero-order chi connectivity index (χ0) is 13.4. The number of hydrogen-bond donors (Lipinski definition) is 1. The minimum Gasteiger partial charge on any atom is -0.381 e. The molecule has 0 saturated carbocycles. The van der Waals surface area contributed by atoms with Gasteiger partial charge >= 0.3 is 0 Å². The maximum absolute atomic E-state index is 6.07. The van der Waals surface area contributed by atoms with Crippen LogP contribution in [0.1, 0.15) is 44.9 Å². The first-order valence-corrected chi connectivity index (χ1v) is 9.18. The smallest absolute Gasteiger partial charge is 0.0741 e. The molecule has 2 aliphatic rings. The Morgan fingerprint density at radius 3 is 2.79 bits per heavy atom. The molecule has 0 aliphatic carbocycles. The lowest BCUT2D eigenvalue weighted by Crippen LogP contribution is -2.50. The van der Waals surface area contributed by atoms with Crippen molar-refractivity contribution in [1.29, 1.82) is 0 Å². The van der Waals surface area contributed by atoms with E-state index in [-0.39, 0.29) is 5.60 Å². The second kappa shape index (κ2) is 8.50. The summed E-state index contributed by atoms with van der Waals surface area (Å²) in [7, 11) is 0. The summed E-state index contributed by atoms with van der Waals surface area (Å²) >= 11 is 1.95. The molecule has 0 aromatic heterocycles. The monoisotopic (exact) mass is 287 g/mol. The molecule has 1 N–H and O–H groups in total. The van der Waals surface area contributed by atoms with Crippen molar-refractivity contribution in [2.75, 3.05) is 38.4 Å². The van der Waals surface area contributed by atoms with Gasteiger partial charge in [0.2, 0.25) is 0 Å². The van der Waals surface area contributed by atoms with Gasteiger partial charge in [-0.1, -0.05) is 6.42 Å². The standard InChI is InChI=1S/C15H29NO2S/c1-19-12-4-2-3-8-16-14-5-9-18-15(13-14)6-10-17-11-7-15/h14,16H,2-13H2,1H3. The molecule has 2 saturated heterocycles. The second-order valence-corrected chi connectivity index (χ2v) is 6.83. The Morgan fingerprint density at radius 2 is 2.00 bits per heavy atom. The van der Waals surface area contributed by atoms with Crippen molar-refractivity contribution in [2.45, 2.75) is 56.6 Å². The lowest BCUT2D eigenvalue weighted by Gasteiger charge is -2.43. The Balaban J connectivity index is 1.61. The summed E-state index contributed by atoms with van der Waals surface area (Å²) in [4.78, 5) is 0. The second-order valence-electron chi connectivity index (χ2n) is 5.84. The minimum atomic E-state index is 0.132. The van der Waals surface area contributed by atoms with Gasteiger partial charge in [-0.2, -0.15) is 11.8 Å². The van der Waals surface area contributed by atoms with Crippen molar-refractivity contribution in [2.24, 2.45) is 0 Å². The van der Waals surface area contributed by atoms with Gasteiger partial charge in [0.25, 0.3) is 0 Å². The van der Waals surface area contributed by atoms with E-state index in [1.165, 1.54) is 44.4 Å². The van der Waals surface area contributed by atoms with Crippen LogP contribution in [0.25, 0.3) is 0 Å². The average Bonchev–Trinajstić information content (AvgIpc) is 2.44. The SMILES string of the molecule is CSCCCCCNC1CCOC2(CCOCC2)C1. The van der Waals surface area contributed by atoms with E-state index in [4.69, 9.17) is 9.47 Å². The minimum absolute atomic E-state index is 0.132. The van der Waals surface area contributed by atoms with Crippen molar-refractivity contribution >= 4 is 11.8 Å². The van der Waals surface area contributed by atoms with Gasteiger partial charge < -0.3 is 14.8 Å². The van der Waals surface area contributed by atoms with Crippen LogP contribution >= 0.6 is 11.8 Å². The molecular formula is C15H29NO2S. The first-order valence-electron chi connectivity index (χ1n) is 7.79. The molecule has 112 valence electrons. The summed E-state index contributed by atoms with van der Waals surface area (Å²) in [5, 5.41) is 3.74. The maximum atomic E-state index is 6.07. The van der Waals surface area contributed by atoms with E-state index >= 15 is 0 Å². The molecule has 0 aromatic rings. The quantitative estimate of drug-likeness (QED) is 0.729. The summed E-state index contributed by atoms with van der Waals surface area (Å²) < 4.78 is 11.5. The van der Waals surface area contributed by atoms with Gasteiger partial charge in [-0.3, -0.25) is 0 Å². The zero-order valence-electron chi connectivity index (χ0n) is 12.3. The molecule has 0 radical (unpaired) electrons. The summed E-state index contributed by atoms with van der Waals surface area (Å²) in [5.74, 6) is 1.31. The van der Waals surface area contributed by atoms with Gasteiger partial charge in [0.15, 0.2) is 0 Å². The van der Waals surface area contributed by atoms with Gasteiger partial charge in [-0.25, -0.2) is 0 Å². The van der Waals surface area contributed by atoms with Gasteiger partial charge in [0.05, 0.1) is 5.60 Å². The summed E-state index contributed by atoms with van der Waals surface area (Å²) in [6, 6.07) is 0.660. The molecule has 19 heavy (non-hydrogen) atoms. The molecule has 0 aromatic carbocycles. The fourth-order valence-corrected chi connectivity index (χ4v) is 3.64. The fourth-order valence-electron chi connectivity index (χ4n) is 3.15. The van der Waals surface area contributed by atoms with Crippen LogP contribution in [-0.4, -0.2) is 50.0 Å². The van der Waals surface area contributed by atoms with Crippen LogP contribution in [0, 0.1) is 0 Å². The third kappa shape index (κ3) is 5.25. The van der Waals surface area contributed by atoms with E-state index in [9.17, 15) is 0 Å². The van der Waals surface area contributed by atoms with E-state index in [0.29, 0.717) is 6.04 Å². The lowest BCUT2D eigenvalue weighted by atomic mass is 9.84. The van der Waals surface area contributed by atoms with Gasteiger partial charge in [0.1, 0.15) is 0 Å². The molecule has 1 unspecified atom stereocenters. The van der Waals surface area contributed by atoms with Crippen molar-refractivity contribution in [1.82, 2.24) is 5.32 Å². The molecule has 1 atom stereocenters. The first-order chi connectivity index (χ1) is 9.35. The van der Waals surface area contributed by atoms with Crippen LogP contribution in [-0.2, 0) is 9.47 Å². The molecule has 0 amide bonds. The Hall–Kier alpha value is 0.230. The fraction of sp³-hybridized carbons (Fsp3) is 1.00. The highest BCUT2D eigenvalue weighted by Crippen LogP contribution is 2.34. The van der Waals surface area contributed by atoms with Gasteiger partial charge in [-0.15, -0.1) is 0 Å². The summed E-state index contributed by atoms with van der Waals surface area (Å²) in [5.41, 5.74) is 0.132. The number of unbranched alkanes of at least 4 members (excludes halogenated alkanes) is 2. The van der Waals surface area contributed by atoms with Crippen LogP contribution in [0.15, 0.2) is 0 Å². The van der Waals surface area contributed by atoms with E-state index in [2.05, 4.69) is 11.6 Å². The molecule has 1 spiro atoms. The lowest BCUT2D eigenvalue weighted by molar-refractivity contribution is -0.140. The zero-order valence-corrected chi connectivity index (χ0v) is 13.1. The Bertz CT molecular complexity index is 239. The predicted octanol–water partition coefficient (Wildman–Crippen LogP) is 2.84. The molecule has 2 rings (SSSR count). The van der Waals surface area contributed by atoms with Crippen molar-refractivity contribution in [3.63, 3.8) is 0 Å². The third-order valence-corrected chi connectivity index (χ3v) is 5.05. The highest BCUT2D eigenvalue weighted by atomic mass is 32.2. The highest BCUT2D eigenvalue weighted by Gasteiger charge is 2.38. The van der Waals surface area contributed by atoms with E-state index < -0.39 is 0 Å². The molecule has 3 nitrogen and oxygen atoms in total. The Labute approximate surface area is 122 Å². The Kier molecular flexibility index (Phi) is 6.99. The van der Waals surface area contributed by atoms with Crippen molar-refractivity contribution < 1.29 is 9.47 Å². The average molecular weight is 287 g/mol. The molecule has 2 aliphatic heterocycles. The molecule has 2 fully saturated rings. The molecule has 2 heterocycles. The number of hydrogen-bond acceptors (Lipinski definition) is 4. The number of thioether (sulfide) groups is 1. The molecule has 0 bridgehead atoms. The van der Waals surface area contributed by atoms with Crippen molar-refractivity contribution in [3.05, 3.63) is 0 Å². The summed E-state index contributed by atoms with van der Waals surface area (Å²) in [6.07, 6.45) is 10.7. The predicted molar refractivity (Wildman–Crippen MR) is 82.0 cm³/mol. The Morgan fingerprint density at radius 1 is 1.16 bits per heavy atom. The van der Waals surface area contributed by atoms with Crippen LogP contribution in [0.4, 0.5) is 0 Å². The number of ether oxygens (including phenoxy) is 2. The molecule has 4 heteroatoms. The maximum Gasteiger partial charge on any atom is 0.0741 e. The molecular weight excluding hydrogens is 258 g/mol. The van der Waals surface area contributed by atoms with E-state index in [1.54, 1.807) is 0 Å². The normalized spacial score (nSPS) is 26.7. The van der Waals surface area contributed by atoms with Crippen LogP contribution < -0.4 is 5.32 Å². The van der Waals surface area contributed by atoms with Gasteiger partial charge in [0, 0.05) is 25.9 Å². The number of rotatable bonds is 7. The number of nitrogens with one attached hydrogen (secondary N) is 1. The van der Waals surface area contributed by atoms with Crippen LogP contribution in [0.5, 0.6) is 0 Å². The third-order valence-electron chi connectivity index (χ3n) is 4.36. The van der Waals surface area contributed by atoms with Gasteiger partial charge in [-0.05, 0) is 57.1 Å². The topological polar surface area (TPSA) is 30.5 Å². The van der Waals surface area contributed by atoms with Crippen LogP contribution in [0.3, 0.4) is 0 Å².